The Balaban J connectivity index is 1.50. The molecule has 2 aliphatic heterocycles. The summed E-state index contributed by atoms with van der Waals surface area (Å²) in [5.41, 5.74) is 13.2. The molecule has 2 fully saturated rings. The Bertz CT molecular complexity index is 813. The number of rotatable bonds is 11. The molecule has 4 rings (SSSR count). The highest BCUT2D eigenvalue weighted by atomic mass is 32.2. The minimum absolute atomic E-state index is 0.0171. The van der Waals surface area contributed by atoms with Crippen LogP contribution in [0.3, 0.4) is 0 Å². The lowest BCUT2D eigenvalue weighted by Gasteiger charge is -2.52. The number of nitrogens with zero attached hydrogens (tertiary/aromatic N) is 1. The Morgan fingerprint density at radius 1 is 1.35 bits per heavy atom. The highest BCUT2D eigenvalue weighted by Gasteiger charge is 2.47. The van der Waals surface area contributed by atoms with Crippen LogP contribution in [-0.2, 0) is 4.74 Å². The predicted molar refractivity (Wildman–Crippen MR) is 140 cm³/mol. The van der Waals surface area contributed by atoms with Crippen molar-refractivity contribution in [2.75, 3.05) is 19.7 Å². The monoisotopic (exact) mass is 489 g/mol. The second-order valence-corrected chi connectivity index (χ2v) is 12.2. The number of nitrogens with one attached hydrogen (secondary N) is 2. The fourth-order valence-corrected chi connectivity index (χ4v) is 7.49. The summed E-state index contributed by atoms with van der Waals surface area (Å²) in [6.45, 7) is 5.96. The molecular weight excluding hydrogens is 446 g/mol. The summed E-state index contributed by atoms with van der Waals surface area (Å²) in [6.07, 6.45) is 12.0. The van der Waals surface area contributed by atoms with E-state index in [1.165, 1.54) is 12.8 Å². The van der Waals surface area contributed by atoms with Crippen molar-refractivity contribution in [1.82, 2.24) is 4.90 Å². The molecule has 1 saturated carbocycles. The smallest absolute Gasteiger partial charge is 0.123 e. The van der Waals surface area contributed by atoms with E-state index in [1.807, 2.05) is 11.8 Å². The van der Waals surface area contributed by atoms with Crippen molar-refractivity contribution in [3.63, 3.8) is 0 Å². The molecule has 0 radical (unpaired) electrons. The maximum Gasteiger partial charge on any atom is 0.123 e. The number of hydrogen-bond donors (Lipinski definition) is 5. The van der Waals surface area contributed by atoms with Gasteiger partial charge >= 0.3 is 0 Å². The largest absolute Gasteiger partial charge is 0.396 e. The van der Waals surface area contributed by atoms with Crippen LogP contribution in [0.15, 0.2) is 22.6 Å². The van der Waals surface area contributed by atoms with Crippen molar-refractivity contribution >= 4 is 23.7 Å². The molecule has 0 aromatic heterocycles. The topological polar surface area (TPSA) is 132 Å². The zero-order chi connectivity index (χ0) is 24.4. The van der Waals surface area contributed by atoms with Gasteiger partial charge in [0.15, 0.2) is 0 Å². The predicted octanol–water partition coefficient (Wildman–Crippen LogP) is 3.13. The van der Waals surface area contributed by atoms with Gasteiger partial charge in [0.1, 0.15) is 6.23 Å². The van der Waals surface area contributed by atoms with Gasteiger partial charge in [0.05, 0.1) is 17.1 Å². The van der Waals surface area contributed by atoms with E-state index in [2.05, 4.69) is 30.9 Å². The molecule has 7 nitrogen and oxygen atoms in total. The molecule has 7 N–H and O–H groups in total. The van der Waals surface area contributed by atoms with Crippen LogP contribution in [0.5, 0.6) is 0 Å². The quantitative estimate of drug-likeness (QED) is 0.283. The molecule has 0 aromatic rings. The zero-order valence-corrected chi connectivity index (χ0v) is 21.5. The van der Waals surface area contributed by atoms with Crippen LogP contribution in [-0.4, -0.2) is 71.3 Å². The summed E-state index contributed by atoms with van der Waals surface area (Å²) in [5, 5.41) is 25.9. The second kappa shape index (κ2) is 11.4. The van der Waals surface area contributed by atoms with Crippen molar-refractivity contribution in [2.24, 2.45) is 35.1 Å². The molecule has 1 saturated heterocycles. The summed E-state index contributed by atoms with van der Waals surface area (Å²) in [7, 11) is 0. The summed E-state index contributed by atoms with van der Waals surface area (Å²) in [6, 6.07) is 0.184. The molecule has 0 spiro atoms. The van der Waals surface area contributed by atoms with Crippen LogP contribution < -0.4 is 11.5 Å². The molecule has 8 unspecified atom stereocenters. The van der Waals surface area contributed by atoms with E-state index in [9.17, 15) is 5.11 Å². The number of ether oxygens (including phenoxy) is 1. The van der Waals surface area contributed by atoms with Gasteiger partial charge in [-0.15, -0.1) is 11.8 Å². The fraction of sp³-hybridized carbons (Fsp3) is 0.769. The molecule has 0 aromatic carbocycles. The first-order valence-corrected chi connectivity index (χ1v) is 13.9. The number of aliphatic hydroxyl groups excluding tert-OH is 1. The highest BCUT2D eigenvalue weighted by molar-refractivity contribution is 8.04. The van der Waals surface area contributed by atoms with Crippen molar-refractivity contribution in [2.45, 2.75) is 82.0 Å². The van der Waals surface area contributed by atoms with Crippen molar-refractivity contribution in [3.05, 3.63) is 22.6 Å². The Kier molecular flexibility index (Phi) is 8.70. The van der Waals surface area contributed by atoms with E-state index in [4.69, 9.17) is 27.0 Å². The van der Waals surface area contributed by atoms with Crippen LogP contribution in [0, 0.1) is 34.5 Å². The Hall–Kier alpha value is -1.03. The average Bonchev–Trinajstić information content (AvgIpc) is 3.59. The van der Waals surface area contributed by atoms with Crippen LogP contribution in [0.1, 0.15) is 52.4 Å². The first-order chi connectivity index (χ1) is 16.4. The van der Waals surface area contributed by atoms with Gasteiger partial charge in [0.25, 0.3) is 0 Å². The van der Waals surface area contributed by atoms with Crippen LogP contribution in [0.2, 0.25) is 0 Å². The number of nitrogens with two attached hydrogens (primary N) is 2. The van der Waals surface area contributed by atoms with Gasteiger partial charge in [-0.25, -0.2) is 0 Å². The zero-order valence-electron chi connectivity index (χ0n) is 20.7. The highest BCUT2D eigenvalue weighted by Crippen LogP contribution is 2.50. The van der Waals surface area contributed by atoms with Gasteiger partial charge in [-0.05, 0) is 67.3 Å². The van der Waals surface area contributed by atoms with Crippen molar-refractivity contribution in [1.29, 1.82) is 10.8 Å². The lowest BCUT2D eigenvalue weighted by Crippen LogP contribution is -2.61. The maximum absolute atomic E-state index is 9.87. The van der Waals surface area contributed by atoms with Gasteiger partial charge in [0, 0.05) is 50.3 Å². The number of aliphatic hydroxyl groups is 1. The normalized spacial score (nSPS) is 34.6. The SMILES string of the molecule is CC(CC(CO)C(N)CN)CN1C(C)C2CC=C(C(=N)C=N)CC2OC1C1CC=C(C2CC2)S1. The Morgan fingerprint density at radius 3 is 2.76 bits per heavy atom. The van der Waals surface area contributed by atoms with Crippen LogP contribution in [0.25, 0.3) is 0 Å². The second-order valence-electron chi connectivity index (χ2n) is 10.8. The maximum atomic E-state index is 9.87. The third-order valence-electron chi connectivity index (χ3n) is 8.29. The average molecular weight is 490 g/mol. The summed E-state index contributed by atoms with van der Waals surface area (Å²) in [5.74, 6) is 1.54. The molecule has 8 heteroatoms. The van der Waals surface area contributed by atoms with E-state index >= 15 is 0 Å². The minimum Gasteiger partial charge on any atom is -0.396 e. The van der Waals surface area contributed by atoms with Crippen molar-refractivity contribution < 1.29 is 9.84 Å². The summed E-state index contributed by atoms with van der Waals surface area (Å²) >= 11 is 2.02. The summed E-state index contributed by atoms with van der Waals surface area (Å²) < 4.78 is 6.90. The molecule has 4 aliphatic rings. The third kappa shape index (κ3) is 5.68. The first kappa shape index (κ1) is 26.0. The fourth-order valence-electron chi connectivity index (χ4n) is 5.99. The van der Waals surface area contributed by atoms with Crippen LogP contribution >= 0.6 is 11.8 Å². The number of allylic oxidation sites excluding steroid dienone is 3. The first-order valence-electron chi connectivity index (χ1n) is 13.0. The molecule has 190 valence electrons. The Labute approximate surface area is 208 Å². The third-order valence-corrected chi connectivity index (χ3v) is 9.79. The lowest BCUT2D eigenvalue weighted by atomic mass is 9.79. The minimum atomic E-state index is -0.176. The molecule has 2 aliphatic carbocycles. The lowest BCUT2D eigenvalue weighted by molar-refractivity contribution is -0.192. The van der Waals surface area contributed by atoms with Crippen LogP contribution in [0.4, 0.5) is 0 Å². The van der Waals surface area contributed by atoms with E-state index in [0.717, 1.165) is 49.9 Å². The molecule has 2 heterocycles. The van der Waals surface area contributed by atoms with E-state index < -0.39 is 0 Å². The van der Waals surface area contributed by atoms with E-state index in [0.29, 0.717) is 35.4 Å². The van der Waals surface area contributed by atoms with Gasteiger partial charge in [-0.1, -0.05) is 19.1 Å². The number of thioether (sulfide) groups is 1. The number of hydrogen-bond acceptors (Lipinski definition) is 8. The van der Waals surface area contributed by atoms with Gasteiger partial charge in [0.2, 0.25) is 0 Å². The molecule has 0 amide bonds. The van der Waals surface area contributed by atoms with E-state index in [-0.39, 0.29) is 30.9 Å². The number of fused-ring (bicyclic) bond motifs is 1. The molecular formula is C26H43N5O2S. The molecule has 8 atom stereocenters. The van der Waals surface area contributed by atoms with Crippen molar-refractivity contribution in [3.8, 4) is 0 Å². The van der Waals surface area contributed by atoms with Gasteiger partial charge in [-0.2, -0.15) is 0 Å². The van der Waals surface area contributed by atoms with Gasteiger partial charge < -0.3 is 26.7 Å². The standard InChI is InChI=1S/C26H43N5O2S/c1-15(9-19(14-32)22(30)12-28)13-31-16(2)20-6-5-18(21(29)11-27)10-23(20)33-26(31)25-8-7-24(34-25)17-3-4-17/h5,7,11,15-17,19-20,22-23,25-27,29,32H,3-4,6,8-10,12-14,28,30H2,1-2H3. The van der Waals surface area contributed by atoms with E-state index in [1.54, 1.807) is 4.91 Å². The summed E-state index contributed by atoms with van der Waals surface area (Å²) in [4.78, 5) is 4.14. The molecule has 0 bridgehead atoms. The van der Waals surface area contributed by atoms with Gasteiger partial charge in [-0.3, -0.25) is 10.3 Å². The Morgan fingerprint density at radius 2 is 2.12 bits per heavy atom. The molecule has 34 heavy (non-hydrogen) atoms.